The lowest BCUT2D eigenvalue weighted by Crippen LogP contribution is -2.50. The third kappa shape index (κ3) is 5.83. The molecule has 112 valence electrons. The van der Waals surface area contributed by atoms with Crippen LogP contribution in [0.15, 0.2) is 12.5 Å². The number of amides is 2. The third-order valence-electron chi connectivity index (χ3n) is 2.44. The Balaban J connectivity index is 2.51. The summed E-state index contributed by atoms with van der Waals surface area (Å²) in [7, 11) is -1.03. The predicted molar refractivity (Wildman–Crippen MR) is 73.8 cm³/mol. The van der Waals surface area contributed by atoms with E-state index in [9.17, 15) is 13.8 Å². The molecule has 0 aromatic carbocycles. The number of rotatable bonds is 7. The Morgan fingerprint density at radius 3 is 2.70 bits per heavy atom. The summed E-state index contributed by atoms with van der Waals surface area (Å²) in [5.74, 6) is -0.826. The molecule has 9 heteroatoms. The normalized spacial score (nSPS) is 15.1. The third-order valence-corrected chi connectivity index (χ3v) is 3.41. The highest BCUT2D eigenvalue weighted by Crippen LogP contribution is 1.99. The molecule has 4 N–H and O–H groups in total. The predicted octanol–water partition coefficient (Wildman–Crippen LogP) is -0.528. The number of imidazole rings is 1. The van der Waals surface area contributed by atoms with E-state index in [1.165, 1.54) is 18.8 Å². The summed E-state index contributed by atoms with van der Waals surface area (Å²) in [6, 6.07) is -1.97. The second kappa shape index (κ2) is 7.63. The monoisotopic (exact) mass is 302 g/mol. The number of carbonyl (C=O) groups excluding carboxylic acids is 1. The van der Waals surface area contributed by atoms with E-state index in [2.05, 4.69) is 20.6 Å². The summed E-state index contributed by atoms with van der Waals surface area (Å²) in [6.07, 6.45) is 4.58. The Hall–Kier alpha value is -1.90. The van der Waals surface area contributed by atoms with Crippen LogP contribution in [0.2, 0.25) is 0 Å². The van der Waals surface area contributed by atoms with Crippen LogP contribution >= 0.6 is 0 Å². The van der Waals surface area contributed by atoms with E-state index in [1.54, 1.807) is 6.92 Å². The van der Waals surface area contributed by atoms with Crippen LogP contribution in [0.4, 0.5) is 4.79 Å². The minimum absolute atomic E-state index is 0.108. The lowest BCUT2D eigenvalue weighted by atomic mass is 10.2. The van der Waals surface area contributed by atoms with Gasteiger partial charge in [-0.25, -0.2) is 14.6 Å². The maximum atomic E-state index is 11.7. The molecule has 0 aliphatic carbocycles. The molecule has 0 fully saturated rings. The smallest absolute Gasteiger partial charge is 0.326 e. The van der Waals surface area contributed by atoms with Crippen LogP contribution in [0.1, 0.15) is 12.6 Å². The fourth-order valence-electron chi connectivity index (χ4n) is 1.63. The van der Waals surface area contributed by atoms with Gasteiger partial charge in [-0.1, -0.05) is 0 Å². The molecule has 1 heterocycles. The van der Waals surface area contributed by atoms with Crippen molar-refractivity contribution in [3.05, 3.63) is 18.2 Å². The van der Waals surface area contributed by atoms with E-state index in [-0.39, 0.29) is 12.5 Å². The van der Waals surface area contributed by atoms with Crippen LogP contribution in [-0.4, -0.2) is 55.4 Å². The highest BCUT2D eigenvalue weighted by molar-refractivity contribution is 7.84. The highest BCUT2D eigenvalue weighted by Gasteiger charge is 2.21. The minimum atomic E-state index is -1.14. The van der Waals surface area contributed by atoms with E-state index in [0.29, 0.717) is 11.4 Å². The average molecular weight is 302 g/mol. The molecule has 3 atom stereocenters. The van der Waals surface area contributed by atoms with Crippen LogP contribution in [0.3, 0.4) is 0 Å². The van der Waals surface area contributed by atoms with Crippen molar-refractivity contribution in [1.82, 2.24) is 20.6 Å². The molecule has 2 amide bonds. The Morgan fingerprint density at radius 1 is 1.50 bits per heavy atom. The number of H-pyrrole nitrogens is 1. The standard InChI is InChI=1S/C11H18N4O4S/c1-7(5-20(2)19)14-11(18)15-9(10(16)17)3-8-4-12-6-13-8/h4,6-7,9H,3,5H2,1-2H3,(H,12,13)(H,16,17)(H2,14,15,18)/t7?,9-,20?/m0/s1. The number of aromatic nitrogens is 2. The summed E-state index contributed by atoms with van der Waals surface area (Å²) in [4.78, 5) is 29.3. The number of aliphatic carboxylic acids is 1. The maximum Gasteiger partial charge on any atom is 0.326 e. The van der Waals surface area contributed by atoms with Gasteiger partial charge < -0.3 is 20.7 Å². The topological polar surface area (TPSA) is 124 Å². The zero-order valence-electron chi connectivity index (χ0n) is 11.3. The van der Waals surface area contributed by atoms with Gasteiger partial charge in [-0.3, -0.25) is 4.21 Å². The largest absolute Gasteiger partial charge is 0.480 e. The molecule has 1 aromatic heterocycles. The van der Waals surface area contributed by atoms with Crippen molar-refractivity contribution in [2.24, 2.45) is 0 Å². The van der Waals surface area contributed by atoms with Crippen molar-refractivity contribution in [2.75, 3.05) is 12.0 Å². The van der Waals surface area contributed by atoms with Crippen molar-refractivity contribution < 1.29 is 18.9 Å². The van der Waals surface area contributed by atoms with E-state index in [1.807, 2.05) is 0 Å². The molecule has 0 aliphatic heterocycles. The van der Waals surface area contributed by atoms with Gasteiger partial charge in [0.15, 0.2) is 0 Å². The van der Waals surface area contributed by atoms with Gasteiger partial charge in [-0.2, -0.15) is 0 Å². The quantitative estimate of drug-likeness (QED) is 0.539. The molecule has 20 heavy (non-hydrogen) atoms. The summed E-state index contributed by atoms with van der Waals surface area (Å²) >= 11 is 0. The number of carbonyl (C=O) groups is 2. The average Bonchev–Trinajstić information content (AvgIpc) is 2.79. The number of aromatic amines is 1. The second-order valence-electron chi connectivity index (χ2n) is 4.43. The molecular weight excluding hydrogens is 284 g/mol. The van der Waals surface area contributed by atoms with Gasteiger partial charge in [-0.05, 0) is 6.92 Å². The van der Waals surface area contributed by atoms with Crippen molar-refractivity contribution in [1.29, 1.82) is 0 Å². The Morgan fingerprint density at radius 2 is 2.20 bits per heavy atom. The molecule has 8 nitrogen and oxygen atoms in total. The fraction of sp³-hybridized carbons (Fsp3) is 0.545. The van der Waals surface area contributed by atoms with Gasteiger partial charge in [0, 0.05) is 47.2 Å². The summed E-state index contributed by atoms with van der Waals surface area (Å²) in [5.41, 5.74) is 0.611. The first-order valence-electron chi connectivity index (χ1n) is 5.95. The summed E-state index contributed by atoms with van der Waals surface area (Å²) in [5, 5.41) is 14.0. The SMILES string of the molecule is CC(CS(C)=O)NC(=O)N[C@@H](Cc1cnc[nH]1)C(=O)O. The zero-order valence-corrected chi connectivity index (χ0v) is 12.1. The molecule has 0 spiro atoms. The molecule has 0 saturated heterocycles. The first-order valence-corrected chi connectivity index (χ1v) is 7.68. The lowest BCUT2D eigenvalue weighted by Gasteiger charge is -2.17. The van der Waals surface area contributed by atoms with Gasteiger partial charge >= 0.3 is 12.0 Å². The van der Waals surface area contributed by atoms with Gasteiger partial charge in [0.25, 0.3) is 0 Å². The van der Waals surface area contributed by atoms with Crippen LogP contribution in [0.5, 0.6) is 0 Å². The Kier molecular flexibility index (Phi) is 6.16. The Labute approximate surface area is 118 Å². The number of carboxylic acid groups (broad SMARTS) is 1. The van der Waals surface area contributed by atoms with E-state index < -0.39 is 28.8 Å². The summed E-state index contributed by atoms with van der Waals surface area (Å²) in [6.45, 7) is 1.70. The van der Waals surface area contributed by atoms with E-state index in [0.717, 1.165) is 0 Å². The van der Waals surface area contributed by atoms with E-state index >= 15 is 0 Å². The molecule has 0 saturated carbocycles. The first kappa shape index (κ1) is 16.2. The maximum absolute atomic E-state index is 11.7. The van der Waals surface area contributed by atoms with Crippen molar-refractivity contribution in [3.63, 3.8) is 0 Å². The molecule has 2 unspecified atom stereocenters. The number of nitrogens with zero attached hydrogens (tertiary/aromatic N) is 1. The number of hydrogen-bond donors (Lipinski definition) is 4. The lowest BCUT2D eigenvalue weighted by molar-refractivity contribution is -0.139. The van der Waals surface area contributed by atoms with Gasteiger partial charge in [0.2, 0.25) is 0 Å². The molecule has 0 aliphatic rings. The number of carboxylic acids is 1. The first-order chi connectivity index (χ1) is 9.38. The van der Waals surface area contributed by atoms with Crippen LogP contribution in [-0.2, 0) is 22.0 Å². The zero-order chi connectivity index (χ0) is 15.1. The van der Waals surface area contributed by atoms with Crippen molar-refractivity contribution in [2.45, 2.75) is 25.4 Å². The number of urea groups is 1. The highest BCUT2D eigenvalue weighted by atomic mass is 32.2. The molecule has 1 rings (SSSR count). The number of hydrogen-bond acceptors (Lipinski definition) is 4. The molecule has 0 radical (unpaired) electrons. The summed E-state index contributed by atoms with van der Waals surface area (Å²) < 4.78 is 11.0. The molecule has 0 bridgehead atoms. The van der Waals surface area contributed by atoms with Gasteiger partial charge in [0.1, 0.15) is 6.04 Å². The van der Waals surface area contributed by atoms with E-state index in [4.69, 9.17) is 5.11 Å². The van der Waals surface area contributed by atoms with Crippen molar-refractivity contribution >= 4 is 22.8 Å². The second-order valence-corrected chi connectivity index (χ2v) is 5.91. The van der Waals surface area contributed by atoms with Gasteiger partial charge in [-0.15, -0.1) is 0 Å². The fourth-order valence-corrected chi connectivity index (χ4v) is 2.42. The van der Waals surface area contributed by atoms with Crippen molar-refractivity contribution in [3.8, 4) is 0 Å². The minimum Gasteiger partial charge on any atom is -0.480 e. The Bertz CT molecular complexity index is 477. The number of nitrogens with one attached hydrogen (secondary N) is 3. The van der Waals surface area contributed by atoms with Crippen LogP contribution in [0.25, 0.3) is 0 Å². The van der Waals surface area contributed by atoms with Gasteiger partial charge in [0.05, 0.1) is 6.33 Å². The van der Waals surface area contributed by atoms with Crippen LogP contribution < -0.4 is 10.6 Å². The van der Waals surface area contributed by atoms with Crippen LogP contribution in [0, 0.1) is 0 Å². The molecular formula is C11H18N4O4S. The molecule has 1 aromatic rings.